The van der Waals surface area contributed by atoms with Crippen LogP contribution in [0, 0.1) is 5.92 Å². The fourth-order valence-corrected chi connectivity index (χ4v) is 1.49. The van der Waals surface area contributed by atoms with Gasteiger partial charge in [0.15, 0.2) is 0 Å². The van der Waals surface area contributed by atoms with Gasteiger partial charge in [-0.1, -0.05) is 44.2 Å². The van der Waals surface area contributed by atoms with Gasteiger partial charge in [0.05, 0.1) is 5.41 Å². The molecule has 1 aromatic rings. The maximum atomic E-state index is 11.3. The number of carboxylic acids is 1. The molecule has 0 aliphatic carbocycles. The van der Waals surface area contributed by atoms with Crippen molar-refractivity contribution >= 4 is 43.7 Å². The average molecular weight is 234 g/mol. The molecule has 2 nitrogen and oxygen atoms in total. The molecular weight excluding hydrogens is 216 g/mol. The summed E-state index contributed by atoms with van der Waals surface area (Å²) in [7, 11) is 0. The van der Waals surface area contributed by atoms with E-state index in [1.807, 2.05) is 44.2 Å². The van der Waals surface area contributed by atoms with E-state index >= 15 is 0 Å². The molecule has 15 heavy (non-hydrogen) atoms. The van der Waals surface area contributed by atoms with E-state index in [-0.39, 0.29) is 46.5 Å². The Balaban J connectivity index is -0.000000653. The Morgan fingerprint density at radius 3 is 2.13 bits per heavy atom. The van der Waals surface area contributed by atoms with Gasteiger partial charge in [-0.15, -0.1) is 0 Å². The van der Waals surface area contributed by atoms with Gasteiger partial charge in [-0.3, -0.25) is 4.79 Å². The predicted octanol–water partition coefficient (Wildman–Crippen LogP) is 2.53. The maximum absolute atomic E-state index is 11.3. The topological polar surface area (TPSA) is 37.3 Å². The van der Waals surface area contributed by atoms with Crippen LogP contribution in [-0.4, -0.2) is 48.8 Å². The molecule has 0 aliphatic heterocycles. The molecule has 0 bridgehead atoms. The number of carbonyl (C=O) groups is 1. The molecule has 3 heteroatoms. The second kappa shape index (κ2) is 5.88. The van der Waals surface area contributed by atoms with Crippen molar-refractivity contribution < 1.29 is 12.8 Å². The van der Waals surface area contributed by atoms with Crippen LogP contribution >= 0.6 is 0 Å². The normalized spacial score (nSPS) is 14.1. The first kappa shape index (κ1) is 14.9. The maximum Gasteiger partial charge on any atom is 2.00 e. The van der Waals surface area contributed by atoms with Crippen molar-refractivity contribution in [1.29, 1.82) is 0 Å². The van der Waals surface area contributed by atoms with E-state index in [1.165, 1.54) is 0 Å². The van der Waals surface area contributed by atoms with Crippen molar-refractivity contribution in [1.82, 2.24) is 0 Å². The molecule has 1 atom stereocenters. The first-order valence-corrected chi connectivity index (χ1v) is 4.78. The zero-order valence-corrected chi connectivity index (χ0v) is 11.7. The second-order valence-corrected chi connectivity index (χ2v) is 4.03. The van der Waals surface area contributed by atoms with Crippen LogP contribution in [0.25, 0.3) is 0 Å². The van der Waals surface area contributed by atoms with E-state index in [0.29, 0.717) is 0 Å². The minimum Gasteiger partial charge on any atom is -1.00 e. The van der Waals surface area contributed by atoms with Gasteiger partial charge in [0, 0.05) is 0 Å². The first-order chi connectivity index (χ1) is 6.49. The number of aliphatic carboxylic acids is 1. The van der Waals surface area contributed by atoms with Crippen molar-refractivity contribution in [3.05, 3.63) is 35.9 Å². The van der Waals surface area contributed by atoms with Crippen LogP contribution in [0.1, 0.15) is 29.2 Å². The van der Waals surface area contributed by atoms with Gasteiger partial charge in [-0.05, 0) is 18.4 Å². The number of rotatable bonds is 3. The minimum atomic E-state index is -0.790. The fraction of sp³-hybridized carbons (Fsp3) is 0.417. The molecule has 0 aliphatic rings. The fourth-order valence-electron chi connectivity index (χ4n) is 1.49. The standard InChI is InChI=1S/C12H16O2.Ca.2H/c1-9(2)12(3,11(13)14)10-7-5-4-6-8-10;;;/h4-9H,1-3H3,(H,13,14);;;/q;+2;2*-1. The number of benzene rings is 1. The quantitative estimate of drug-likeness (QED) is 0.816. The third-order valence-electron chi connectivity index (χ3n) is 2.97. The summed E-state index contributed by atoms with van der Waals surface area (Å²) in [5.74, 6) is -0.693. The minimum absolute atomic E-state index is 0. The zero-order valence-electron chi connectivity index (χ0n) is 11.5. The molecule has 0 radical (unpaired) electrons. The monoisotopic (exact) mass is 234 g/mol. The van der Waals surface area contributed by atoms with Crippen LogP contribution in [0.3, 0.4) is 0 Å². The molecule has 80 valence electrons. The Hall–Kier alpha value is -0.0503. The van der Waals surface area contributed by atoms with E-state index in [2.05, 4.69) is 0 Å². The summed E-state index contributed by atoms with van der Waals surface area (Å²) in [5.41, 5.74) is 0.0730. The molecule has 0 amide bonds. The molecule has 0 aromatic heterocycles. The first-order valence-electron chi connectivity index (χ1n) is 4.78. The number of carboxylic acid groups (broad SMARTS) is 1. The van der Waals surface area contributed by atoms with Crippen molar-refractivity contribution in [2.24, 2.45) is 5.92 Å². The van der Waals surface area contributed by atoms with Gasteiger partial charge < -0.3 is 7.96 Å². The summed E-state index contributed by atoms with van der Waals surface area (Å²) in [6.07, 6.45) is 0. The smallest absolute Gasteiger partial charge is 1.00 e. The van der Waals surface area contributed by atoms with Crippen LogP contribution in [0.15, 0.2) is 30.3 Å². The van der Waals surface area contributed by atoms with E-state index in [0.717, 1.165) is 5.56 Å². The van der Waals surface area contributed by atoms with Crippen LogP contribution in [0.4, 0.5) is 0 Å². The molecule has 0 fully saturated rings. The van der Waals surface area contributed by atoms with Crippen LogP contribution in [0.2, 0.25) is 0 Å². The Labute approximate surface area is 124 Å². The van der Waals surface area contributed by atoms with Crippen LogP contribution in [0.5, 0.6) is 0 Å². The molecule has 0 heterocycles. The Morgan fingerprint density at radius 2 is 1.80 bits per heavy atom. The van der Waals surface area contributed by atoms with Gasteiger partial charge in [-0.2, -0.15) is 0 Å². The summed E-state index contributed by atoms with van der Waals surface area (Å²) < 4.78 is 0. The molecule has 0 saturated carbocycles. The van der Waals surface area contributed by atoms with E-state index in [1.54, 1.807) is 6.92 Å². The summed E-state index contributed by atoms with van der Waals surface area (Å²) in [5, 5.41) is 9.26. The Morgan fingerprint density at radius 1 is 1.33 bits per heavy atom. The summed E-state index contributed by atoms with van der Waals surface area (Å²) in [6, 6.07) is 9.38. The third-order valence-corrected chi connectivity index (χ3v) is 2.97. The molecule has 0 saturated heterocycles. The predicted molar refractivity (Wildman–Crippen MR) is 64.2 cm³/mol. The largest absolute Gasteiger partial charge is 2.00 e. The van der Waals surface area contributed by atoms with Crippen LogP contribution < -0.4 is 0 Å². The summed E-state index contributed by atoms with van der Waals surface area (Å²) >= 11 is 0. The number of hydrogen-bond acceptors (Lipinski definition) is 1. The second-order valence-electron chi connectivity index (χ2n) is 4.03. The van der Waals surface area contributed by atoms with Gasteiger partial charge in [0.2, 0.25) is 0 Å². The van der Waals surface area contributed by atoms with Gasteiger partial charge in [-0.25, -0.2) is 0 Å². The van der Waals surface area contributed by atoms with Crippen molar-refractivity contribution in [3.63, 3.8) is 0 Å². The van der Waals surface area contributed by atoms with Crippen molar-refractivity contribution in [2.45, 2.75) is 26.2 Å². The van der Waals surface area contributed by atoms with Gasteiger partial charge >= 0.3 is 43.7 Å². The van der Waals surface area contributed by atoms with Crippen molar-refractivity contribution in [2.75, 3.05) is 0 Å². The summed E-state index contributed by atoms with van der Waals surface area (Å²) in [6.45, 7) is 5.64. The van der Waals surface area contributed by atoms with Gasteiger partial charge in [0.25, 0.3) is 0 Å². The van der Waals surface area contributed by atoms with Crippen molar-refractivity contribution in [3.8, 4) is 0 Å². The Kier molecular flexibility index (Phi) is 5.86. The average Bonchev–Trinajstić information content (AvgIpc) is 2.17. The molecule has 0 spiro atoms. The SMILES string of the molecule is CC(C)C(C)(C(=O)O)c1ccccc1.[Ca+2].[H-].[H-]. The van der Waals surface area contributed by atoms with E-state index in [4.69, 9.17) is 0 Å². The van der Waals surface area contributed by atoms with E-state index in [9.17, 15) is 9.90 Å². The zero-order chi connectivity index (χ0) is 10.8. The molecule has 1 unspecified atom stereocenters. The summed E-state index contributed by atoms with van der Waals surface area (Å²) in [4.78, 5) is 11.3. The van der Waals surface area contributed by atoms with Gasteiger partial charge in [0.1, 0.15) is 0 Å². The van der Waals surface area contributed by atoms with E-state index < -0.39 is 11.4 Å². The Bertz CT molecular complexity index is 331. The number of hydrogen-bond donors (Lipinski definition) is 1. The molecule has 1 aromatic carbocycles. The third kappa shape index (κ3) is 2.96. The molecular formula is C12H18CaO2. The molecule has 1 rings (SSSR count). The van der Waals surface area contributed by atoms with Crippen LogP contribution in [-0.2, 0) is 10.2 Å². The molecule has 1 N–H and O–H groups in total.